The van der Waals surface area contributed by atoms with Crippen molar-refractivity contribution in [3.8, 4) is 0 Å². The van der Waals surface area contributed by atoms with Crippen LogP contribution in [0.15, 0.2) is 24.3 Å². The summed E-state index contributed by atoms with van der Waals surface area (Å²) < 4.78 is 0. The van der Waals surface area contributed by atoms with Crippen LogP contribution >= 0.6 is 0 Å². The fourth-order valence-electron chi connectivity index (χ4n) is 3.55. The Hall–Kier alpha value is -1.31. The van der Waals surface area contributed by atoms with E-state index in [9.17, 15) is 9.90 Å². The van der Waals surface area contributed by atoms with Gasteiger partial charge in [-0.2, -0.15) is 0 Å². The molecule has 20 heavy (non-hydrogen) atoms. The highest BCUT2D eigenvalue weighted by atomic mass is 16.4. The second kappa shape index (κ2) is 6.43. The van der Waals surface area contributed by atoms with E-state index in [4.69, 9.17) is 0 Å². The van der Waals surface area contributed by atoms with E-state index in [-0.39, 0.29) is 0 Å². The van der Waals surface area contributed by atoms with Gasteiger partial charge in [-0.1, -0.05) is 51.0 Å². The van der Waals surface area contributed by atoms with Crippen molar-refractivity contribution in [1.82, 2.24) is 0 Å². The van der Waals surface area contributed by atoms with Crippen LogP contribution in [-0.4, -0.2) is 11.1 Å². The van der Waals surface area contributed by atoms with Crippen LogP contribution < -0.4 is 0 Å². The molecule has 1 aromatic rings. The molecule has 0 unspecified atom stereocenters. The van der Waals surface area contributed by atoms with Gasteiger partial charge in [0.1, 0.15) is 0 Å². The predicted molar refractivity (Wildman–Crippen MR) is 82.0 cm³/mol. The Labute approximate surface area is 122 Å². The minimum absolute atomic E-state index is 0.642. The second-order valence-electron chi connectivity index (χ2n) is 6.17. The van der Waals surface area contributed by atoms with Crippen LogP contribution in [0.5, 0.6) is 0 Å². The van der Waals surface area contributed by atoms with E-state index in [1.54, 1.807) is 0 Å². The molecule has 2 rings (SSSR count). The van der Waals surface area contributed by atoms with Crippen molar-refractivity contribution in [2.45, 2.75) is 64.2 Å². The number of carbonyl (C=O) groups is 1. The fourth-order valence-corrected chi connectivity index (χ4v) is 3.55. The molecule has 1 saturated carbocycles. The van der Waals surface area contributed by atoms with Crippen molar-refractivity contribution >= 4 is 5.97 Å². The topological polar surface area (TPSA) is 37.3 Å². The summed E-state index contributed by atoms with van der Waals surface area (Å²) in [5.74, 6) is 0.0825. The van der Waals surface area contributed by atoms with Crippen molar-refractivity contribution in [2.24, 2.45) is 5.92 Å². The zero-order chi connectivity index (χ0) is 14.6. The molecule has 0 heterocycles. The fraction of sp³-hybridized carbons (Fsp3) is 0.611. The monoisotopic (exact) mass is 274 g/mol. The Morgan fingerprint density at radius 3 is 2.25 bits per heavy atom. The van der Waals surface area contributed by atoms with Gasteiger partial charge in [-0.25, -0.2) is 0 Å². The number of carboxylic acids is 1. The van der Waals surface area contributed by atoms with Gasteiger partial charge >= 0.3 is 5.97 Å². The van der Waals surface area contributed by atoms with E-state index in [0.29, 0.717) is 0 Å². The lowest BCUT2D eigenvalue weighted by molar-refractivity contribution is -0.145. The van der Waals surface area contributed by atoms with Crippen LogP contribution in [0, 0.1) is 5.92 Å². The minimum atomic E-state index is -0.642. The van der Waals surface area contributed by atoms with Crippen molar-refractivity contribution in [2.75, 3.05) is 0 Å². The van der Waals surface area contributed by atoms with Crippen molar-refractivity contribution in [1.29, 1.82) is 0 Å². The molecule has 0 spiro atoms. The average Bonchev–Trinajstić information content (AvgIpc) is 2.48. The first kappa shape index (κ1) is 15.1. The highest BCUT2D eigenvalue weighted by Gasteiger charge is 2.43. The predicted octanol–water partition coefficient (Wildman–Crippen LogP) is 4.56. The van der Waals surface area contributed by atoms with Crippen molar-refractivity contribution < 1.29 is 9.90 Å². The molecule has 0 bridgehead atoms. The number of carboxylic acid groups (broad SMARTS) is 1. The molecule has 1 aliphatic rings. The Morgan fingerprint density at radius 1 is 1.20 bits per heavy atom. The van der Waals surface area contributed by atoms with Gasteiger partial charge in [0.25, 0.3) is 0 Å². The number of aryl methyl sites for hydroxylation is 1. The summed E-state index contributed by atoms with van der Waals surface area (Å²) in [5.41, 5.74) is 1.63. The van der Waals surface area contributed by atoms with Crippen molar-refractivity contribution in [3.63, 3.8) is 0 Å². The lowest BCUT2D eigenvalue weighted by atomic mass is 9.66. The molecular formula is C18H26O2. The third-order valence-corrected chi connectivity index (χ3v) is 4.98. The maximum Gasteiger partial charge on any atom is 0.314 e. The van der Waals surface area contributed by atoms with Gasteiger partial charge in [0, 0.05) is 0 Å². The first-order valence-electron chi connectivity index (χ1n) is 7.95. The second-order valence-corrected chi connectivity index (χ2v) is 6.17. The smallest absolute Gasteiger partial charge is 0.314 e. The van der Waals surface area contributed by atoms with E-state index in [0.717, 1.165) is 43.6 Å². The Balaban J connectivity index is 2.20. The van der Waals surface area contributed by atoms with Gasteiger partial charge in [0.15, 0.2) is 0 Å². The molecule has 1 fully saturated rings. The number of rotatable bonds is 5. The maximum absolute atomic E-state index is 11.9. The zero-order valence-electron chi connectivity index (χ0n) is 12.7. The summed E-state index contributed by atoms with van der Waals surface area (Å²) >= 11 is 0. The Bertz CT molecular complexity index is 439. The van der Waals surface area contributed by atoms with Crippen LogP contribution in [0.3, 0.4) is 0 Å². The molecule has 0 radical (unpaired) electrons. The van der Waals surface area contributed by atoms with Gasteiger partial charge in [0.2, 0.25) is 0 Å². The van der Waals surface area contributed by atoms with Gasteiger partial charge in [0.05, 0.1) is 5.41 Å². The zero-order valence-corrected chi connectivity index (χ0v) is 12.7. The number of hydrogen-bond acceptors (Lipinski definition) is 1. The molecular weight excluding hydrogens is 248 g/mol. The normalized spacial score (nSPS) is 26.4. The lowest BCUT2D eigenvalue weighted by Gasteiger charge is -2.37. The molecule has 110 valence electrons. The van der Waals surface area contributed by atoms with Gasteiger partial charge in [-0.15, -0.1) is 0 Å². The first-order chi connectivity index (χ1) is 9.62. The highest BCUT2D eigenvalue weighted by Crippen LogP contribution is 2.43. The largest absolute Gasteiger partial charge is 0.481 e. The van der Waals surface area contributed by atoms with Crippen LogP contribution in [-0.2, 0) is 16.6 Å². The Kier molecular flexibility index (Phi) is 4.85. The van der Waals surface area contributed by atoms with E-state index >= 15 is 0 Å². The summed E-state index contributed by atoms with van der Waals surface area (Å²) in [6.45, 7) is 4.33. The van der Waals surface area contributed by atoms with E-state index < -0.39 is 11.4 Å². The van der Waals surface area contributed by atoms with E-state index in [1.165, 1.54) is 18.4 Å². The summed E-state index contributed by atoms with van der Waals surface area (Å²) in [7, 11) is 0. The van der Waals surface area contributed by atoms with E-state index in [2.05, 4.69) is 26.0 Å². The van der Waals surface area contributed by atoms with Crippen molar-refractivity contribution in [3.05, 3.63) is 35.4 Å². The molecule has 2 heteroatoms. The van der Waals surface area contributed by atoms with Crippen LogP contribution in [0.2, 0.25) is 0 Å². The minimum Gasteiger partial charge on any atom is -0.481 e. The first-order valence-corrected chi connectivity index (χ1v) is 7.95. The maximum atomic E-state index is 11.9. The molecule has 0 aromatic heterocycles. The summed E-state index contributed by atoms with van der Waals surface area (Å²) in [6.07, 6.45) is 7.13. The highest BCUT2D eigenvalue weighted by molar-refractivity contribution is 5.81. The quantitative estimate of drug-likeness (QED) is 0.854. The molecule has 1 aliphatic carbocycles. The molecule has 0 amide bonds. The molecule has 0 aliphatic heterocycles. The van der Waals surface area contributed by atoms with Crippen LogP contribution in [0.4, 0.5) is 0 Å². The molecule has 1 N–H and O–H groups in total. The SMILES string of the molecule is CCCC1CCC(C(=O)O)(c2ccc(CC)cc2)CC1. The van der Waals surface area contributed by atoms with Gasteiger partial charge in [-0.3, -0.25) is 4.79 Å². The third kappa shape index (κ3) is 2.89. The summed E-state index contributed by atoms with van der Waals surface area (Å²) in [4.78, 5) is 11.9. The molecule has 1 aromatic carbocycles. The average molecular weight is 274 g/mol. The third-order valence-electron chi connectivity index (χ3n) is 4.98. The van der Waals surface area contributed by atoms with Gasteiger partial charge < -0.3 is 5.11 Å². The molecule has 2 nitrogen and oxygen atoms in total. The molecule has 0 saturated heterocycles. The molecule has 0 atom stereocenters. The van der Waals surface area contributed by atoms with E-state index in [1.807, 2.05) is 12.1 Å². The van der Waals surface area contributed by atoms with Crippen LogP contribution in [0.1, 0.15) is 63.5 Å². The summed E-state index contributed by atoms with van der Waals surface area (Å²) in [6, 6.07) is 8.23. The van der Waals surface area contributed by atoms with Gasteiger partial charge in [-0.05, 0) is 49.1 Å². The number of hydrogen-bond donors (Lipinski definition) is 1. The van der Waals surface area contributed by atoms with Crippen LogP contribution in [0.25, 0.3) is 0 Å². The lowest BCUT2D eigenvalue weighted by Crippen LogP contribution is -2.39. The standard InChI is InChI=1S/C18H26O2/c1-3-5-15-10-12-18(13-11-15,17(19)20)16-8-6-14(4-2)7-9-16/h6-9,15H,3-5,10-13H2,1-2H3,(H,19,20). The number of benzene rings is 1. The summed E-state index contributed by atoms with van der Waals surface area (Å²) in [5, 5.41) is 9.78. The number of aliphatic carboxylic acids is 1. The Morgan fingerprint density at radius 2 is 1.80 bits per heavy atom.